The number of likely N-dealkylation sites (tertiary alicyclic amines) is 1. The van der Waals surface area contributed by atoms with Gasteiger partial charge in [-0.05, 0) is 43.5 Å². The molecule has 10 heteroatoms. The maximum Gasteiger partial charge on any atom is 0.280 e. The van der Waals surface area contributed by atoms with Crippen molar-refractivity contribution in [3.05, 3.63) is 65.5 Å². The molecule has 0 aromatic carbocycles. The summed E-state index contributed by atoms with van der Waals surface area (Å²) in [5.74, 6) is -2.02. The van der Waals surface area contributed by atoms with Crippen molar-refractivity contribution in [3.63, 3.8) is 0 Å². The van der Waals surface area contributed by atoms with Gasteiger partial charge in [0.15, 0.2) is 5.60 Å². The summed E-state index contributed by atoms with van der Waals surface area (Å²) in [4.78, 5) is 32.9. The number of hydrogen-bond donors (Lipinski definition) is 0. The maximum atomic E-state index is 13.9. The third-order valence-electron chi connectivity index (χ3n) is 6.52. The topological polar surface area (TPSA) is 62.7 Å². The Morgan fingerprint density at radius 1 is 1.24 bits per heavy atom. The molecule has 0 aliphatic carbocycles. The molecule has 1 aromatic rings. The van der Waals surface area contributed by atoms with Crippen LogP contribution in [0.3, 0.4) is 0 Å². The highest BCUT2D eigenvalue weighted by molar-refractivity contribution is 5.94. The lowest BCUT2D eigenvalue weighted by Gasteiger charge is -2.37. The van der Waals surface area contributed by atoms with E-state index in [1.807, 2.05) is 0 Å². The van der Waals surface area contributed by atoms with Gasteiger partial charge in [0.2, 0.25) is 0 Å². The molecule has 6 nitrogen and oxygen atoms in total. The number of rotatable bonds is 5. The molecule has 3 fully saturated rings. The van der Waals surface area contributed by atoms with Crippen LogP contribution in [0.15, 0.2) is 54.3 Å². The molecule has 1 spiro atoms. The van der Waals surface area contributed by atoms with E-state index in [0.29, 0.717) is 18.4 Å². The molecule has 0 unspecified atom stereocenters. The quantitative estimate of drug-likeness (QED) is 0.457. The summed E-state index contributed by atoms with van der Waals surface area (Å²) in [5.41, 5.74) is -0.918. The summed E-state index contributed by atoms with van der Waals surface area (Å²) in [6.45, 7) is 5.51. The highest BCUT2D eigenvalue weighted by atomic mass is 19.3. The van der Waals surface area contributed by atoms with Gasteiger partial charge in [0.1, 0.15) is 17.7 Å². The first-order chi connectivity index (χ1) is 16.1. The fraction of sp³-hybridized carbons (Fsp3) is 0.458. The van der Waals surface area contributed by atoms with Gasteiger partial charge in [0.25, 0.3) is 18.2 Å². The van der Waals surface area contributed by atoms with Gasteiger partial charge < -0.3 is 14.5 Å². The number of carbonyl (C=O) groups excluding carboxylic acids is 2. The number of allylic oxidation sites excluding steroid dienone is 3. The average Bonchev–Trinajstić information content (AvgIpc) is 3.31. The molecule has 4 rings (SSSR count). The largest absolute Gasteiger partial charge is 0.342 e. The minimum Gasteiger partial charge on any atom is -0.342 e. The first kappa shape index (κ1) is 24.1. The van der Waals surface area contributed by atoms with E-state index >= 15 is 0 Å². The molecule has 0 radical (unpaired) electrons. The minimum absolute atomic E-state index is 0.197. The molecular formula is C24H25F4N3O3. The predicted molar refractivity (Wildman–Crippen MR) is 115 cm³/mol. The molecule has 34 heavy (non-hydrogen) atoms. The molecule has 1 aromatic heterocycles. The van der Waals surface area contributed by atoms with Crippen LogP contribution < -0.4 is 0 Å². The molecule has 3 saturated heterocycles. The first-order valence-electron chi connectivity index (χ1n) is 11.0. The van der Waals surface area contributed by atoms with Crippen LogP contribution in [0.5, 0.6) is 0 Å². The molecule has 0 bridgehead atoms. The zero-order valence-electron chi connectivity index (χ0n) is 18.6. The summed E-state index contributed by atoms with van der Waals surface area (Å²) < 4.78 is 58.4. The Kier molecular flexibility index (Phi) is 6.62. The zero-order valence-corrected chi connectivity index (χ0v) is 18.6. The monoisotopic (exact) mass is 479 g/mol. The van der Waals surface area contributed by atoms with Gasteiger partial charge in [0.05, 0.1) is 17.4 Å². The SMILES string of the molecule is C=C(/C=C(F)\C=C(/C)F)[C@@H]1CC[C@H]2OC3(CCN(C(=O)c4ccc(C(F)F)nc4)CC3)C(=O)N21. The molecular weight excluding hydrogens is 454 g/mol. The Bertz CT molecular complexity index is 1040. The lowest BCUT2D eigenvalue weighted by Crippen LogP contribution is -2.52. The van der Waals surface area contributed by atoms with Crippen LogP contribution in [0.2, 0.25) is 0 Å². The number of piperidine rings is 1. The summed E-state index contributed by atoms with van der Waals surface area (Å²) in [7, 11) is 0. The van der Waals surface area contributed by atoms with Crippen LogP contribution in [0.4, 0.5) is 17.6 Å². The number of alkyl halides is 2. The minimum atomic E-state index is -2.71. The number of fused-ring (bicyclic) bond motifs is 1. The summed E-state index contributed by atoms with van der Waals surface area (Å²) in [5, 5.41) is 0. The number of amides is 2. The molecule has 0 saturated carbocycles. The van der Waals surface area contributed by atoms with Crippen molar-refractivity contribution in [2.24, 2.45) is 0 Å². The third-order valence-corrected chi connectivity index (χ3v) is 6.52. The standard InChI is InChI=1S/C24H25F4N3O3/c1-14(11-17(26)12-15(2)25)19-5-6-20-31(19)23(33)24(34-20)7-9-30(10-8-24)22(32)16-3-4-18(21(27)28)29-13-16/h3-4,11-13,19-21H,1,5-10H2,2H3/b15-12+,17-11+/t19-,20+/m0/s1. The molecule has 3 aliphatic rings. The van der Waals surface area contributed by atoms with Crippen molar-refractivity contribution < 1.29 is 31.9 Å². The second kappa shape index (κ2) is 9.32. The van der Waals surface area contributed by atoms with Crippen molar-refractivity contribution in [3.8, 4) is 0 Å². The van der Waals surface area contributed by atoms with Gasteiger partial charge in [-0.2, -0.15) is 0 Å². The fourth-order valence-corrected chi connectivity index (χ4v) is 4.83. The van der Waals surface area contributed by atoms with E-state index < -0.39 is 41.6 Å². The Hall–Kier alpha value is -3.01. The lowest BCUT2D eigenvalue weighted by atomic mass is 9.89. The highest BCUT2D eigenvalue weighted by Gasteiger charge is 2.58. The molecule has 2 amide bonds. The van der Waals surface area contributed by atoms with Crippen LogP contribution in [-0.4, -0.2) is 57.6 Å². The van der Waals surface area contributed by atoms with Crippen molar-refractivity contribution in [2.75, 3.05) is 13.1 Å². The van der Waals surface area contributed by atoms with Crippen molar-refractivity contribution in [1.29, 1.82) is 0 Å². The molecule has 3 aliphatic heterocycles. The van der Waals surface area contributed by atoms with Crippen LogP contribution in [0, 0.1) is 0 Å². The van der Waals surface area contributed by atoms with Gasteiger partial charge in [-0.3, -0.25) is 14.6 Å². The van der Waals surface area contributed by atoms with E-state index in [-0.39, 0.29) is 43.3 Å². The van der Waals surface area contributed by atoms with Crippen molar-refractivity contribution >= 4 is 11.8 Å². The van der Waals surface area contributed by atoms with Gasteiger partial charge >= 0.3 is 0 Å². The number of nitrogens with zero attached hydrogens (tertiary/aromatic N) is 3. The van der Waals surface area contributed by atoms with Gasteiger partial charge in [-0.25, -0.2) is 17.6 Å². The van der Waals surface area contributed by atoms with Crippen LogP contribution in [0.1, 0.15) is 55.1 Å². The summed E-state index contributed by atoms with van der Waals surface area (Å²) >= 11 is 0. The van der Waals surface area contributed by atoms with Gasteiger partial charge in [0, 0.05) is 38.2 Å². The van der Waals surface area contributed by atoms with E-state index in [1.165, 1.54) is 6.07 Å². The van der Waals surface area contributed by atoms with E-state index in [0.717, 1.165) is 31.3 Å². The van der Waals surface area contributed by atoms with Gasteiger partial charge in [-0.1, -0.05) is 6.58 Å². The molecule has 0 N–H and O–H groups in total. The van der Waals surface area contributed by atoms with Gasteiger partial charge in [-0.15, -0.1) is 0 Å². The Morgan fingerprint density at radius 3 is 2.53 bits per heavy atom. The number of carbonyl (C=O) groups is 2. The zero-order chi connectivity index (χ0) is 24.6. The van der Waals surface area contributed by atoms with E-state index in [4.69, 9.17) is 4.74 Å². The number of aromatic nitrogens is 1. The van der Waals surface area contributed by atoms with E-state index in [1.54, 1.807) is 9.80 Å². The Morgan fingerprint density at radius 2 is 1.94 bits per heavy atom. The molecule has 182 valence electrons. The maximum absolute atomic E-state index is 13.9. The van der Waals surface area contributed by atoms with Crippen LogP contribution in [-0.2, 0) is 9.53 Å². The summed E-state index contributed by atoms with van der Waals surface area (Å²) in [6.07, 6.45) is 1.51. The second-order valence-electron chi connectivity index (χ2n) is 8.77. The smallest absolute Gasteiger partial charge is 0.280 e. The number of hydrogen-bond acceptors (Lipinski definition) is 4. The molecule has 2 atom stereocenters. The third kappa shape index (κ3) is 4.51. The highest BCUT2D eigenvalue weighted by Crippen LogP contribution is 2.44. The number of ether oxygens (including phenoxy) is 1. The fourth-order valence-electron chi connectivity index (χ4n) is 4.83. The predicted octanol–water partition coefficient (Wildman–Crippen LogP) is 4.62. The average molecular weight is 479 g/mol. The number of pyridine rings is 1. The van der Waals surface area contributed by atoms with E-state index in [9.17, 15) is 27.2 Å². The number of halogens is 4. The van der Waals surface area contributed by atoms with Crippen molar-refractivity contribution in [2.45, 2.75) is 56.9 Å². The Labute approximate surface area is 194 Å². The Balaban J connectivity index is 1.42. The second-order valence-corrected chi connectivity index (χ2v) is 8.77. The lowest BCUT2D eigenvalue weighted by molar-refractivity contribution is -0.142. The van der Waals surface area contributed by atoms with Crippen molar-refractivity contribution in [1.82, 2.24) is 14.8 Å². The van der Waals surface area contributed by atoms with E-state index in [2.05, 4.69) is 11.6 Å². The van der Waals surface area contributed by atoms with Crippen LogP contribution in [0.25, 0.3) is 0 Å². The first-order valence-corrected chi connectivity index (χ1v) is 11.0. The van der Waals surface area contributed by atoms with Crippen LogP contribution >= 0.6 is 0 Å². The summed E-state index contributed by atoms with van der Waals surface area (Å²) in [6, 6.07) is 1.99. The normalized spacial score (nSPS) is 24.8. The molecule has 4 heterocycles.